The van der Waals surface area contributed by atoms with Gasteiger partial charge < -0.3 is 24.2 Å². The van der Waals surface area contributed by atoms with Crippen molar-refractivity contribution in [3.63, 3.8) is 0 Å². The molecule has 0 N–H and O–H groups in total. The maximum atomic E-state index is 12.9. The number of ether oxygens (including phenoxy) is 2. The summed E-state index contributed by atoms with van der Waals surface area (Å²) in [6, 6.07) is 9.81. The van der Waals surface area contributed by atoms with E-state index in [0.29, 0.717) is 32.0 Å². The van der Waals surface area contributed by atoms with Crippen LogP contribution in [0.15, 0.2) is 36.7 Å². The van der Waals surface area contributed by atoms with Crippen LogP contribution in [0.2, 0.25) is 0 Å². The molecule has 0 bridgehead atoms. The summed E-state index contributed by atoms with van der Waals surface area (Å²) in [5, 5.41) is 0. The van der Waals surface area contributed by atoms with Crippen LogP contribution in [0.3, 0.4) is 0 Å². The Morgan fingerprint density at radius 2 is 1.79 bits per heavy atom. The predicted octanol–water partition coefficient (Wildman–Crippen LogP) is 1.28. The molecular formula is C20H25N5O3. The Morgan fingerprint density at radius 1 is 1.00 bits per heavy atom. The second-order valence-corrected chi connectivity index (χ2v) is 6.84. The highest BCUT2D eigenvalue weighted by Gasteiger charge is 2.24. The van der Waals surface area contributed by atoms with Crippen molar-refractivity contribution in [1.29, 1.82) is 0 Å². The summed E-state index contributed by atoms with van der Waals surface area (Å²) in [4.78, 5) is 27.7. The van der Waals surface area contributed by atoms with E-state index in [-0.39, 0.29) is 5.91 Å². The third-order valence-electron chi connectivity index (χ3n) is 5.19. The minimum atomic E-state index is -0.0396. The van der Waals surface area contributed by atoms with E-state index in [1.165, 1.54) is 6.33 Å². The van der Waals surface area contributed by atoms with Gasteiger partial charge in [-0.05, 0) is 12.1 Å². The molecule has 3 heterocycles. The number of anilines is 2. The number of morpholine rings is 1. The molecule has 2 fully saturated rings. The second-order valence-electron chi connectivity index (χ2n) is 6.84. The van der Waals surface area contributed by atoms with Crippen LogP contribution >= 0.6 is 0 Å². The zero-order valence-electron chi connectivity index (χ0n) is 16.1. The average molecular weight is 383 g/mol. The van der Waals surface area contributed by atoms with Crippen molar-refractivity contribution in [1.82, 2.24) is 14.9 Å². The van der Waals surface area contributed by atoms with E-state index in [4.69, 9.17) is 9.47 Å². The maximum absolute atomic E-state index is 12.9. The average Bonchev–Trinajstić information content (AvgIpc) is 2.79. The molecule has 8 nitrogen and oxygen atoms in total. The van der Waals surface area contributed by atoms with Gasteiger partial charge in [0.1, 0.15) is 23.6 Å². The first-order valence-corrected chi connectivity index (χ1v) is 9.57. The Balaban J connectivity index is 1.40. The van der Waals surface area contributed by atoms with Gasteiger partial charge in [-0.3, -0.25) is 4.79 Å². The summed E-state index contributed by atoms with van der Waals surface area (Å²) < 4.78 is 10.7. The number of aromatic nitrogens is 2. The van der Waals surface area contributed by atoms with Gasteiger partial charge in [0.25, 0.3) is 5.91 Å². The smallest absolute Gasteiger partial charge is 0.272 e. The fourth-order valence-corrected chi connectivity index (χ4v) is 3.57. The first-order valence-electron chi connectivity index (χ1n) is 9.57. The highest BCUT2D eigenvalue weighted by atomic mass is 16.5. The topological polar surface area (TPSA) is 71.0 Å². The predicted molar refractivity (Wildman–Crippen MR) is 106 cm³/mol. The number of piperazine rings is 1. The maximum Gasteiger partial charge on any atom is 0.272 e. The number of carbonyl (C=O) groups excluding carboxylic acids is 1. The summed E-state index contributed by atoms with van der Waals surface area (Å²) in [5.74, 6) is 1.59. The molecule has 0 aliphatic carbocycles. The highest BCUT2D eigenvalue weighted by molar-refractivity contribution is 5.93. The van der Waals surface area contributed by atoms with Crippen LogP contribution in [-0.4, -0.2) is 80.4 Å². The van der Waals surface area contributed by atoms with Gasteiger partial charge in [0, 0.05) is 57.1 Å². The van der Waals surface area contributed by atoms with Gasteiger partial charge in [0.2, 0.25) is 0 Å². The van der Waals surface area contributed by atoms with Crippen molar-refractivity contribution < 1.29 is 14.3 Å². The van der Waals surface area contributed by atoms with Gasteiger partial charge in [-0.25, -0.2) is 9.97 Å². The van der Waals surface area contributed by atoms with E-state index >= 15 is 0 Å². The molecule has 1 aromatic heterocycles. The van der Waals surface area contributed by atoms with Gasteiger partial charge in [-0.1, -0.05) is 6.07 Å². The number of hydrogen-bond acceptors (Lipinski definition) is 7. The third kappa shape index (κ3) is 4.01. The lowest BCUT2D eigenvalue weighted by Crippen LogP contribution is -2.49. The molecule has 0 spiro atoms. The van der Waals surface area contributed by atoms with Gasteiger partial charge in [0.05, 0.1) is 20.3 Å². The van der Waals surface area contributed by atoms with Crippen LogP contribution in [0.4, 0.5) is 11.5 Å². The summed E-state index contributed by atoms with van der Waals surface area (Å²) in [6.45, 7) is 5.80. The summed E-state index contributed by atoms with van der Waals surface area (Å²) in [7, 11) is 1.67. The number of hydrogen-bond donors (Lipinski definition) is 0. The minimum Gasteiger partial charge on any atom is -0.497 e. The monoisotopic (exact) mass is 383 g/mol. The van der Waals surface area contributed by atoms with Crippen molar-refractivity contribution in [2.75, 3.05) is 69.4 Å². The van der Waals surface area contributed by atoms with E-state index in [9.17, 15) is 4.79 Å². The molecule has 0 unspecified atom stereocenters. The summed E-state index contributed by atoms with van der Waals surface area (Å²) in [5.41, 5.74) is 1.56. The molecule has 148 valence electrons. The molecule has 8 heteroatoms. The zero-order chi connectivity index (χ0) is 19.3. The molecule has 2 aliphatic rings. The normalized spacial score (nSPS) is 17.5. The van der Waals surface area contributed by atoms with Gasteiger partial charge in [-0.15, -0.1) is 0 Å². The number of amides is 1. The van der Waals surface area contributed by atoms with Crippen molar-refractivity contribution in [2.45, 2.75) is 0 Å². The second kappa shape index (κ2) is 8.43. The number of nitrogens with zero attached hydrogens (tertiary/aromatic N) is 5. The van der Waals surface area contributed by atoms with Crippen molar-refractivity contribution in [3.8, 4) is 5.75 Å². The molecular weight excluding hydrogens is 358 g/mol. The Kier molecular flexibility index (Phi) is 5.57. The van der Waals surface area contributed by atoms with Gasteiger partial charge in [0.15, 0.2) is 0 Å². The molecule has 2 saturated heterocycles. The molecule has 4 rings (SSSR count). The first-order chi connectivity index (χ1) is 13.7. The van der Waals surface area contributed by atoms with Crippen LogP contribution in [0.5, 0.6) is 5.75 Å². The standard InChI is InChI=1S/C20H25N5O3/c1-27-17-4-2-3-16(13-17)23-5-7-25(8-6-23)20(26)18-14-19(22-15-21-18)24-9-11-28-12-10-24/h2-4,13-15H,5-12H2,1H3. The lowest BCUT2D eigenvalue weighted by atomic mass is 10.2. The minimum absolute atomic E-state index is 0.0396. The van der Waals surface area contributed by atoms with E-state index in [2.05, 4.69) is 25.8 Å². The summed E-state index contributed by atoms with van der Waals surface area (Å²) in [6.07, 6.45) is 1.48. The fraction of sp³-hybridized carbons (Fsp3) is 0.450. The fourth-order valence-electron chi connectivity index (χ4n) is 3.57. The van der Waals surface area contributed by atoms with Gasteiger partial charge in [-0.2, -0.15) is 0 Å². The number of benzene rings is 1. The molecule has 28 heavy (non-hydrogen) atoms. The van der Waals surface area contributed by atoms with Crippen molar-refractivity contribution in [2.24, 2.45) is 0 Å². The Hall–Kier alpha value is -2.87. The molecule has 0 atom stereocenters. The Bertz CT molecular complexity index is 817. The van der Waals surface area contributed by atoms with E-state index in [1.807, 2.05) is 23.1 Å². The first kappa shape index (κ1) is 18.5. The number of carbonyl (C=O) groups is 1. The molecule has 2 aromatic rings. The Morgan fingerprint density at radius 3 is 2.54 bits per heavy atom. The van der Waals surface area contributed by atoms with Crippen LogP contribution in [-0.2, 0) is 4.74 Å². The number of rotatable bonds is 4. The van der Waals surface area contributed by atoms with E-state index in [0.717, 1.165) is 43.4 Å². The van der Waals surface area contributed by atoms with Crippen LogP contribution in [0.25, 0.3) is 0 Å². The quantitative estimate of drug-likeness (QED) is 0.788. The SMILES string of the molecule is COc1cccc(N2CCN(C(=O)c3cc(N4CCOCC4)ncn3)CC2)c1. The van der Waals surface area contributed by atoms with Crippen LogP contribution in [0.1, 0.15) is 10.5 Å². The molecule has 2 aliphatic heterocycles. The third-order valence-corrected chi connectivity index (χ3v) is 5.19. The zero-order valence-corrected chi connectivity index (χ0v) is 16.1. The highest BCUT2D eigenvalue weighted by Crippen LogP contribution is 2.22. The molecule has 1 aromatic carbocycles. The van der Waals surface area contributed by atoms with Gasteiger partial charge >= 0.3 is 0 Å². The van der Waals surface area contributed by atoms with E-state index in [1.54, 1.807) is 13.2 Å². The largest absolute Gasteiger partial charge is 0.497 e. The molecule has 0 radical (unpaired) electrons. The van der Waals surface area contributed by atoms with Crippen molar-refractivity contribution >= 4 is 17.4 Å². The van der Waals surface area contributed by atoms with Crippen LogP contribution in [0, 0.1) is 0 Å². The summed E-state index contributed by atoms with van der Waals surface area (Å²) >= 11 is 0. The lowest BCUT2D eigenvalue weighted by molar-refractivity contribution is 0.0740. The lowest BCUT2D eigenvalue weighted by Gasteiger charge is -2.36. The molecule has 1 amide bonds. The van der Waals surface area contributed by atoms with Crippen LogP contribution < -0.4 is 14.5 Å². The van der Waals surface area contributed by atoms with E-state index < -0.39 is 0 Å². The molecule has 0 saturated carbocycles. The van der Waals surface area contributed by atoms with Crippen molar-refractivity contribution in [3.05, 3.63) is 42.4 Å². The number of methoxy groups -OCH3 is 1. The Labute approximate surface area is 164 Å².